The first-order chi connectivity index (χ1) is 7.41. The molecular formula is C11H28Cl2N2S2. The quantitative estimate of drug-likeness (QED) is 0.423. The van der Waals surface area contributed by atoms with Gasteiger partial charge >= 0.3 is 0 Å². The van der Waals surface area contributed by atoms with Gasteiger partial charge in [-0.15, -0.1) is 24.8 Å². The maximum Gasteiger partial charge on any atom is 0.0160 e. The third kappa shape index (κ3) is 22.8. The maximum absolute atomic E-state index is 5.43. The molecule has 0 unspecified atom stereocenters. The molecule has 4 N–H and O–H groups in total. The Morgan fingerprint density at radius 1 is 0.529 bits per heavy atom. The zero-order chi connectivity index (χ0) is 11.2. The number of hydrogen-bond donors (Lipinski definition) is 2. The number of hydrogen-bond acceptors (Lipinski definition) is 4. The summed E-state index contributed by atoms with van der Waals surface area (Å²) in [5.74, 6) is 2.37. The van der Waals surface area contributed by atoms with Crippen LogP contribution in [0.2, 0.25) is 0 Å². The van der Waals surface area contributed by atoms with Crippen LogP contribution < -0.4 is 11.5 Å². The molecule has 0 aliphatic heterocycles. The molecule has 0 aliphatic rings. The van der Waals surface area contributed by atoms with Crippen LogP contribution in [0.15, 0.2) is 0 Å². The van der Waals surface area contributed by atoms with Crippen molar-refractivity contribution >= 4 is 46.4 Å². The van der Waals surface area contributed by atoms with Crippen molar-refractivity contribution in [3.8, 4) is 0 Å². The van der Waals surface area contributed by atoms with E-state index in [0.717, 1.165) is 18.8 Å². The lowest BCUT2D eigenvalue weighted by atomic mass is 10.1. The van der Waals surface area contributed by atoms with Crippen LogP contribution in [0, 0.1) is 0 Å². The summed E-state index contributed by atoms with van der Waals surface area (Å²) < 4.78 is 0. The fourth-order valence-electron chi connectivity index (χ4n) is 1.36. The summed E-state index contributed by atoms with van der Waals surface area (Å²) in [6.45, 7) is 1.66. The van der Waals surface area contributed by atoms with Gasteiger partial charge in [0.1, 0.15) is 0 Å². The predicted molar refractivity (Wildman–Crippen MR) is 89.8 cm³/mol. The molecule has 0 saturated carbocycles. The van der Waals surface area contributed by atoms with Gasteiger partial charge in [-0.3, -0.25) is 0 Å². The summed E-state index contributed by atoms with van der Waals surface area (Å²) >= 11 is 0. The van der Waals surface area contributed by atoms with Gasteiger partial charge in [0, 0.05) is 18.1 Å². The minimum absolute atomic E-state index is 0. The first-order valence-electron chi connectivity index (χ1n) is 6.06. The molecule has 17 heavy (non-hydrogen) atoms. The molecule has 0 atom stereocenters. The monoisotopic (exact) mass is 322 g/mol. The van der Waals surface area contributed by atoms with Crippen molar-refractivity contribution in [3.05, 3.63) is 0 Å². The van der Waals surface area contributed by atoms with Gasteiger partial charge in [0.2, 0.25) is 0 Å². The summed E-state index contributed by atoms with van der Waals surface area (Å²) in [6.07, 6.45) is 9.42. The third-order valence-corrected chi connectivity index (χ3v) is 4.74. The molecule has 6 heteroatoms. The Kier molecular flexibility index (Phi) is 30.7. The standard InChI is InChI=1S/C11H26N2S2.2ClH/c12-8-6-4-2-1-3-5-7-10-14-15-11-9-13;;/h1-13H2;2*1H. The largest absolute Gasteiger partial charge is 0.330 e. The Labute approximate surface area is 127 Å². The fraction of sp³-hybridized carbons (Fsp3) is 1.00. The summed E-state index contributed by atoms with van der Waals surface area (Å²) in [6, 6.07) is 0. The van der Waals surface area contributed by atoms with Gasteiger partial charge < -0.3 is 11.5 Å². The Balaban J connectivity index is -0.000000980. The first kappa shape index (κ1) is 23.3. The number of nitrogens with two attached hydrogens (primary N) is 2. The minimum Gasteiger partial charge on any atom is -0.330 e. The van der Waals surface area contributed by atoms with Crippen molar-refractivity contribution in [1.82, 2.24) is 0 Å². The second kappa shape index (κ2) is 22.4. The normalized spacial score (nSPS) is 9.53. The lowest BCUT2D eigenvalue weighted by Crippen LogP contribution is -1.99. The van der Waals surface area contributed by atoms with Crippen molar-refractivity contribution in [2.45, 2.75) is 44.9 Å². The van der Waals surface area contributed by atoms with E-state index in [-0.39, 0.29) is 24.8 Å². The lowest BCUT2D eigenvalue weighted by Gasteiger charge is -2.01. The van der Waals surface area contributed by atoms with Gasteiger partial charge in [0.25, 0.3) is 0 Å². The van der Waals surface area contributed by atoms with Crippen molar-refractivity contribution < 1.29 is 0 Å². The highest BCUT2D eigenvalue weighted by molar-refractivity contribution is 8.76. The van der Waals surface area contributed by atoms with Crippen LogP contribution in [0.4, 0.5) is 0 Å². The molecule has 0 aromatic carbocycles. The van der Waals surface area contributed by atoms with E-state index in [0.29, 0.717) is 0 Å². The van der Waals surface area contributed by atoms with Crippen molar-refractivity contribution in [3.63, 3.8) is 0 Å². The van der Waals surface area contributed by atoms with Crippen LogP contribution >= 0.6 is 46.4 Å². The SMILES string of the molecule is Cl.Cl.NCCCCCCCCCSSCCN. The van der Waals surface area contributed by atoms with Crippen LogP contribution in [0.3, 0.4) is 0 Å². The van der Waals surface area contributed by atoms with Crippen LogP contribution in [-0.2, 0) is 0 Å². The molecular weight excluding hydrogens is 295 g/mol. The van der Waals surface area contributed by atoms with E-state index in [1.807, 2.05) is 21.6 Å². The summed E-state index contributed by atoms with van der Waals surface area (Å²) in [5, 5.41) is 0. The molecule has 0 saturated heterocycles. The number of rotatable bonds is 12. The van der Waals surface area contributed by atoms with E-state index in [9.17, 15) is 0 Å². The molecule has 0 radical (unpaired) electrons. The molecule has 0 aromatic heterocycles. The Bertz CT molecular complexity index is 110. The average Bonchev–Trinajstić information content (AvgIpc) is 2.26. The Morgan fingerprint density at radius 2 is 1.00 bits per heavy atom. The van der Waals surface area contributed by atoms with Crippen molar-refractivity contribution in [2.24, 2.45) is 11.5 Å². The second-order valence-electron chi connectivity index (χ2n) is 3.70. The van der Waals surface area contributed by atoms with Crippen LogP contribution in [-0.4, -0.2) is 24.6 Å². The molecule has 0 bridgehead atoms. The third-order valence-electron chi connectivity index (χ3n) is 2.22. The molecule has 0 fully saturated rings. The van der Waals surface area contributed by atoms with E-state index >= 15 is 0 Å². The van der Waals surface area contributed by atoms with E-state index in [2.05, 4.69) is 0 Å². The number of halogens is 2. The zero-order valence-corrected chi connectivity index (χ0v) is 13.8. The van der Waals surface area contributed by atoms with Crippen LogP contribution in [0.1, 0.15) is 44.9 Å². The molecule has 2 nitrogen and oxygen atoms in total. The van der Waals surface area contributed by atoms with Gasteiger partial charge in [-0.25, -0.2) is 0 Å². The summed E-state index contributed by atoms with van der Waals surface area (Å²) in [5.41, 5.74) is 10.8. The molecule has 0 heterocycles. The fourth-order valence-corrected chi connectivity index (χ4v) is 3.36. The van der Waals surface area contributed by atoms with Gasteiger partial charge in [-0.05, 0) is 19.4 Å². The van der Waals surface area contributed by atoms with Gasteiger partial charge in [-0.2, -0.15) is 0 Å². The lowest BCUT2D eigenvalue weighted by molar-refractivity contribution is 0.594. The molecule has 0 amide bonds. The van der Waals surface area contributed by atoms with E-state index in [4.69, 9.17) is 11.5 Å². The Hall–Kier alpha value is 1.20. The molecule has 0 aliphatic carbocycles. The van der Waals surface area contributed by atoms with E-state index in [1.54, 1.807) is 0 Å². The van der Waals surface area contributed by atoms with Gasteiger partial charge in [0.15, 0.2) is 0 Å². The van der Waals surface area contributed by atoms with Gasteiger partial charge in [0.05, 0.1) is 0 Å². The van der Waals surface area contributed by atoms with E-state index < -0.39 is 0 Å². The summed E-state index contributed by atoms with van der Waals surface area (Å²) in [4.78, 5) is 0. The van der Waals surface area contributed by atoms with E-state index in [1.165, 1.54) is 50.7 Å². The molecule has 0 aromatic rings. The minimum atomic E-state index is 0. The highest BCUT2D eigenvalue weighted by atomic mass is 35.5. The Morgan fingerprint density at radius 3 is 1.53 bits per heavy atom. The van der Waals surface area contributed by atoms with Crippen LogP contribution in [0.25, 0.3) is 0 Å². The molecule has 0 spiro atoms. The highest BCUT2D eigenvalue weighted by Crippen LogP contribution is 2.22. The smallest absolute Gasteiger partial charge is 0.0160 e. The summed E-state index contributed by atoms with van der Waals surface area (Å²) in [7, 11) is 3.88. The number of unbranched alkanes of at least 4 members (excludes halogenated alkanes) is 6. The zero-order valence-electron chi connectivity index (χ0n) is 10.6. The highest BCUT2D eigenvalue weighted by Gasteiger charge is 1.92. The van der Waals surface area contributed by atoms with Gasteiger partial charge in [-0.1, -0.05) is 53.7 Å². The first-order valence-corrected chi connectivity index (χ1v) is 8.55. The van der Waals surface area contributed by atoms with Crippen LogP contribution in [0.5, 0.6) is 0 Å². The van der Waals surface area contributed by atoms with Crippen molar-refractivity contribution in [2.75, 3.05) is 24.6 Å². The average molecular weight is 323 g/mol. The molecule has 0 rings (SSSR count). The predicted octanol–water partition coefficient (Wildman–Crippen LogP) is 3.86. The molecule has 108 valence electrons. The maximum atomic E-state index is 5.43. The second-order valence-corrected chi connectivity index (χ2v) is 6.40. The topological polar surface area (TPSA) is 52.0 Å². The van der Waals surface area contributed by atoms with Crippen molar-refractivity contribution in [1.29, 1.82) is 0 Å².